The third-order valence-electron chi connectivity index (χ3n) is 7.15. The van der Waals surface area contributed by atoms with Crippen molar-refractivity contribution in [1.29, 1.82) is 0 Å². The molecule has 0 aliphatic heterocycles. The van der Waals surface area contributed by atoms with E-state index in [-0.39, 0.29) is 5.04 Å². The van der Waals surface area contributed by atoms with Crippen molar-refractivity contribution in [3.63, 3.8) is 0 Å². The van der Waals surface area contributed by atoms with Gasteiger partial charge in [0.15, 0.2) is 8.32 Å². The summed E-state index contributed by atoms with van der Waals surface area (Å²) in [6.45, 7) is 21.0. The van der Waals surface area contributed by atoms with Crippen molar-refractivity contribution in [2.45, 2.75) is 72.7 Å². The Balaban J connectivity index is 2.28. The fourth-order valence-electron chi connectivity index (χ4n) is 4.16. The fraction of sp³-hybridized carbons (Fsp3) is 0.481. The number of nitrogens with zero attached hydrogens (tertiary/aromatic N) is 1. The van der Waals surface area contributed by atoms with Gasteiger partial charge in [-0.3, -0.25) is 0 Å². The van der Waals surface area contributed by atoms with E-state index >= 15 is 0 Å². The van der Waals surface area contributed by atoms with Crippen LogP contribution in [0.5, 0.6) is 0 Å². The van der Waals surface area contributed by atoms with E-state index in [9.17, 15) is 0 Å². The van der Waals surface area contributed by atoms with Gasteiger partial charge in [0.05, 0.1) is 6.61 Å². The van der Waals surface area contributed by atoms with E-state index in [0.717, 1.165) is 24.0 Å². The van der Waals surface area contributed by atoms with Crippen LogP contribution < -0.4 is 4.90 Å². The topological polar surface area (TPSA) is 12.5 Å². The number of hydrogen-bond acceptors (Lipinski definition) is 2. The van der Waals surface area contributed by atoms with Crippen LogP contribution in [0.2, 0.25) is 18.1 Å². The molecule has 0 amide bonds. The van der Waals surface area contributed by atoms with Crippen molar-refractivity contribution in [2.24, 2.45) is 0 Å². The quantitative estimate of drug-likeness (QED) is 0.238. The first-order chi connectivity index (χ1) is 14.5. The molecule has 0 heterocycles. The summed E-state index contributed by atoms with van der Waals surface area (Å²) in [4.78, 5) is 2.43. The Morgan fingerprint density at radius 3 is 2.00 bits per heavy atom. The van der Waals surface area contributed by atoms with Crippen LogP contribution in [0.1, 0.15) is 52.7 Å². The van der Waals surface area contributed by atoms with Gasteiger partial charge in [0.2, 0.25) is 0 Å². The van der Waals surface area contributed by atoms with E-state index in [1.54, 1.807) is 0 Å². The number of rotatable bonds is 7. The summed E-state index contributed by atoms with van der Waals surface area (Å²) in [5, 5.41) is 5.56. The molecule has 3 aromatic carbocycles. The molecule has 0 spiro atoms. The lowest BCUT2D eigenvalue weighted by Crippen LogP contribution is -2.40. The van der Waals surface area contributed by atoms with Gasteiger partial charge in [0, 0.05) is 23.2 Å². The van der Waals surface area contributed by atoms with E-state index in [1.165, 1.54) is 38.4 Å². The second kappa shape index (κ2) is 9.25. The normalized spacial score (nSPS) is 12.7. The number of fused-ring (bicyclic) bond motifs is 2. The van der Waals surface area contributed by atoms with Gasteiger partial charge >= 0.3 is 0 Å². The molecule has 168 valence electrons. The highest BCUT2D eigenvalue weighted by Gasteiger charge is 2.37. The highest BCUT2D eigenvalue weighted by atomic mass is 79.9. The predicted molar refractivity (Wildman–Crippen MR) is 144 cm³/mol. The van der Waals surface area contributed by atoms with Gasteiger partial charge in [-0.2, -0.15) is 0 Å². The van der Waals surface area contributed by atoms with Crippen LogP contribution in [-0.4, -0.2) is 21.4 Å². The van der Waals surface area contributed by atoms with E-state index in [4.69, 9.17) is 4.43 Å². The zero-order valence-corrected chi connectivity index (χ0v) is 23.1. The van der Waals surface area contributed by atoms with Crippen molar-refractivity contribution in [2.75, 3.05) is 18.0 Å². The molecule has 0 bridgehead atoms. The van der Waals surface area contributed by atoms with Gasteiger partial charge in [0.25, 0.3) is 0 Å². The summed E-state index contributed by atoms with van der Waals surface area (Å²) in [5.41, 5.74) is 4.06. The maximum absolute atomic E-state index is 6.74. The molecule has 0 aliphatic rings. The lowest BCUT2D eigenvalue weighted by molar-refractivity contribution is 0.279. The molecule has 4 heteroatoms. The minimum atomic E-state index is -1.86. The molecule has 3 rings (SSSR count). The van der Waals surface area contributed by atoms with Crippen molar-refractivity contribution < 1.29 is 4.43 Å². The number of halogens is 1. The summed E-state index contributed by atoms with van der Waals surface area (Å²) >= 11 is 3.71. The lowest BCUT2D eigenvalue weighted by Gasteiger charge is -2.36. The smallest absolute Gasteiger partial charge is 0.192 e. The fourth-order valence-corrected chi connectivity index (χ4v) is 5.45. The molecular formula is C27H38BrNOSi. The SMILES string of the molecule is CCc1c2cc(N(CC)CC)ccc2c(CO[Si](C)(C)C(C)(C)C)c2cc(Br)ccc12. The first kappa shape index (κ1) is 24.3. The van der Waals surface area contributed by atoms with E-state index in [2.05, 4.69) is 112 Å². The van der Waals surface area contributed by atoms with Crippen LogP contribution in [0.3, 0.4) is 0 Å². The second-order valence-corrected chi connectivity index (χ2v) is 15.7. The van der Waals surface area contributed by atoms with Gasteiger partial charge < -0.3 is 9.33 Å². The molecule has 31 heavy (non-hydrogen) atoms. The highest BCUT2D eigenvalue weighted by molar-refractivity contribution is 9.10. The predicted octanol–water partition coefficient (Wildman–Crippen LogP) is 8.69. The molecule has 0 atom stereocenters. The molecule has 0 fully saturated rings. The second-order valence-electron chi connectivity index (χ2n) is 9.95. The summed E-state index contributed by atoms with van der Waals surface area (Å²) in [5.74, 6) is 0. The monoisotopic (exact) mass is 499 g/mol. The molecule has 0 saturated carbocycles. The average Bonchev–Trinajstić information content (AvgIpc) is 2.71. The van der Waals surface area contributed by atoms with Crippen LogP contribution >= 0.6 is 15.9 Å². The Bertz CT molecular complexity index is 1080. The third-order valence-corrected chi connectivity index (χ3v) is 12.1. The standard InChI is InChI=1S/C27H38BrNOSi/c1-9-21-22-14-12-19(28)16-24(22)26(18-30-31(7,8)27(4,5)6)23-15-13-20(17-25(21)23)29(10-2)11-3/h12-17H,9-11,18H2,1-8H3. The van der Waals surface area contributed by atoms with E-state index in [1.807, 2.05) is 0 Å². The molecule has 3 aromatic rings. The number of anilines is 1. The molecular weight excluding hydrogens is 462 g/mol. The summed E-state index contributed by atoms with van der Waals surface area (Å²) in [7, 11) is -1.86. The van der Waals surface area contributed by atoms with Crippen LogP contribution in [0.4, 0.5) is 5.69 Å². The van der Waals surface area contributed by atoms with E-state index in [0.29, 0.717) is 6.61 Å². The average molecular weight is 501 g/mol. The molecule has 0 aromatic heterocycles. The van der Waals surface area contributed by atoms with Crippen molar-refractivity contribution in [3.8, 4) is 0 Å². The van der Waals surface area contributed by atoms with Crippen molar-refractivity contribution in [3.05, 3.63) is 52.0 Å². The first-order valence-electron chi connectivity index (χ1n) is 11.6. The first-order valence-corrected chi connectivity index (χ1v) is 15.3. The van der Waals surface area contributed by atoms with Crippen LogP contribution in [0.25, 0.3) is 21.5 Å². The summed E-state index contributed by atoms with van der Waals surface area (Å²) in [6, 6.07) is 13.7. The maximum atomic E-state index is 6.74. The molecule has 0 radical (unpaired) electrons. The van der Waals surface area contributed by atoms with Crippen molar-refractivity contribution in [1.82, 2.24) is 0 Å². The summed E-state index contributed by atoms with van der Waals surface area (Å²) < 4.78 is 7.86. The van der Waals surface area contributed by atoms with Gasteiger partial charge in [-0.15, -0.1) is 0 Å². The molecule has 0 unspecified atom stereocenters. The van der Waals surface area contributed by atoms with Crippen molar-refractivity contribution >= 4 is 51.5 Å². The molecule has 2 nitrogen and oxygen atoms in total. The van der Waals surface area contributed by atoms with Gasteiger partial charge in [0.1, 0.15) is 0 Å². The van der Waals surface area contributed by atoms with Crippen LogP contribution in [0.15, 0.2) is 40.9 Å². The van der Waals surface area contributed by atoms with Gasteiger partial charge in [-0.1, -0.05) is 55.8 Å². The molecule has 0 N–H and O–H groups in total. The zero-order chi connectivity index (χ0) is 23.0. The Kier molecular flexibility index (Phi) is 7.24. The Morgan fingerprint density at radius 2 is 1.42 bits per heavy atom. The maximum Gasteiger partial charge on any atom is 0.192 e. The Labute approximate surface area is 198 Å². The van der Waals surface area contributed by atoms with Crippen LogP contribution in [0, 0.1) is 0 Å². The van der Waals surface area contributed by atoms with Gasteiger partial charge in [-0.05, 0) is 95.3 Å². The number of hydrogen-bond donors (Lipinski definition) is 0. The highest BCUT2D eigenvalue weighted by Crippen LogP contribution is 2.40. The third kappa shape index (κ3) is 4.72. The number of benzene rings is 3. The lowest BCUT2D eigenvalue weighted by atomic mass is 9.90. The number of aryl methyl sites for hydroxylation is 1. The van der Waals surface area contributed by atoms with Crippen LogP contribution in [-0.2, 0) is 17.5 Å². The molecule has 0 saturated heterocycles. The Morgan fingerprint density at radius 1 is 0.839 bits per heavy atom. The van der Waals surface area contributed by atoms with E-state index < -0.39 is 8.32 Å². The Hall–Kier alpha value is -1.36. The van der Waals surface area contributed by atoms with Gasteiger partial charge in [-0.25, -0.2) is 0 Å². The molecule has 0 aliphatic carbocycles. The zero-order valence-electron chi connectivity index (χ0n) is 20.5. The minimum Gasteiger partial charge on any atom is -0.413 e. The summed E-state index contributed by atoms with van der Waals surface area (Å²) in [6.07, 6.45) is 1.01. The largest absolute Gasteiger partial charge is 0.413 e. The minimum absolute atomic E-state index is 0.193.